The summed E-state index contributed by atoms with van der Waals surface area (Å²) in [4.78, 5) is 2.59. The van der Waals surface area contributed by atoms with E-state index in [1.165, 1.54) is 5.39 Å². The average molecular weight is 387 g/mol. The molecule has 2 saturated heterocycles. The summed E-state index contributed by atoms with van der Waals surface area (Å²) in [6.07, 6.45) is 1.15. The van der Waals surface area contributed by atoms with E-state index in [9.17, 15) is 0 Å². The summed E-state index contributed by atoms with van der Waals surface area (Å²) < 4.78 is 17.5. The molecule has 0 aliphatic carbocycles. The molecule has 1 aromatic heterocycles. The fourth-order valence-corrected chi connectivity index (χ4v) is 4.58. The van der Waals surface area contributed by atoms with Gasteiger partial charge in [-0.2, -0.15) is 0 Å². The third-order valence-corrected chi connectivity index (χ3v) is 6.15. The van der Waals surface area contributed by atoms with Crippen molar-refractivity contribution in [2.24, 2.45) is 11.3 Å². The van der Waals surface area contributed by atoms with Crippen LogP contribution in [-0.2, 0) is 9.47 Å². The molecule has 3 unspecified atom stereocenters. The summed E-state index contributed by atoms with van der Waals surface area (Å²) in [5.74, 6) is 1.61. The molecule has 2 aliphatic rings. The SMILES string of the molecule is CC(C)(C)C(NCC(C1CCOC1)N1CCOCC1)c1cc2ccccc2o1. The lowest BCUT2D eigenvalue weighted by Gasteiger charge is -2.39. The van der Waals surface area contributed by atoms with Gasteiger partial charge in [-0.25, -0.2) is 0 Å². The molecule has 2 aliphatic heterocycles. The van der Waals surface area contributed by atoms with Crippen molar-refractivity contribution < 1.29 is 13.9 Å². The molecule has 0 spiro atoms. The highest BCUT2D eigenvalue weighted by Gasteiger charge is 2.34. The van der Waals surface area contributed by atoms with Crippen molar-refractivity contribution in [3.8, 4) is 0 Å². The summed E-state index contributed by atoms with van der Waals surface area (Å²) in [6.45, 7) is 13.2. The normalized spacial score (nSPS) is 23.9. The monoisotopic (exact) mass is 386 g/mol. The molecule has 5 nitrogen and oxygen atoms in total. The van der Waals surface area contributed by atoms with E-state index in [-0.39, 0.29) is 11.5 Å². The first-order chi connectivity index (χ1) is 13.5. The maximum atomic E-state index is 6.24. The molecular formula is C23H34N2O3. The molecule has 0 bridgehead atoms. The molecule has 2 fully saturated rings. The van der Waals surface area contributed by atoms with E-state index in [1.54, 1.807) is 0 Å². The highest BCUT2D eigenvalue weighted by molar-refractivity contribution is 5.77. The number of morpholine rings is 1. The fraction of sp³-hybridized carbons (Fsp3) is 0.652. The lowest BCUT2D eigenvalue weighted by atomic mass is 9.84. The van der Waals surface area contributed by atoms with Gasteiger partial charge in [0.15, 0.2) is 0 Å². The Hall–Kier alpha value is -1.40. The highest BCUT2D eigenvalue weighted by atomic mass is 16.5. The smallest absolute Gasteiger partial charge is 0.134 e. The molecule has 3 atom stereocenters. The van der Waals surface area contributed by atoms with Crippen molar-refractivity contribution in [3.63, 3.8) is 0 Å². The van der Waals surface area contributed by atoms with Crippen LogP contribution in [0.1, 0.15) is 39.0 Å². The summed E-state index contributed by atoms with van der Waals surface area (Å²) in [5.41, 5.74) is 1.01. The van der Waals surface area contributed by atoms with Gasteiger partial charge in [0, 0.05) is 43.6 Å². The zero-order chi connectivity index (χ0) is 19.6. The zero-order valence-electron chi connectivity index (χ0n) is 17.4. The summed E-state index contributed by atoms with van der Waals surface area (Å²) >= 11 is 0. The summed E-state index contributed by atoms with van der Waals surface area (Å²) in [6, 6.07) is 11.1. The van der Waals surface area contributed by atoms with Crippen LogP contribution in [0, 0.1) is 11.3 Å². The fourth-order valence-electron chi connectivity index (χ4n) is 4.58. The molecule has 0 saturated carbocycles. The molecular weight excluding hydrogens is 352 g/mol. The quantitative estimate of drug-likeness (QED) is 0.817. The minimum Gasteiger partial charge on any atom is -0.459 e. The Morgan fingerprint density at radius 1 is 1.11 bits per heavy atom. The van der Waals surface area contributed by atoms with Crippen molar-refractivity contribution >= 4 is 11.0 Å². The van der Waals surface area contributed by atoms with E-state index < -0.39 is 0 Å². The third-order valence-electron chi connectivity index (χ3n) is 6.15. The lowest BCUT2D eigenvalue weighted by Crippen LogP contribution is -2.52. The molecule has 0 amide bonds. The minimum absolute atomic E-state index is 0.0512. The predicted octanol–water partition coefficient (Wildman–Crippen LogP) is 3.85. The molecule has 1 N–H and O–H groups in total. The van der Waals surface area contributed by atoms with Crippen molar-refractivity contribution in [3.05, 3.63) is 36.1 Å². The predicted molar refractivity (Wildman–Crippen MR) is 112 cm³/mol. The molecule has 154 valence electrons. The largest absolute Gasteiger partial charge is 0.459 e. The van der Waals surface area contributed by atoms with Gasteiger partial charge in [-0.15, -0.1) is 0 Å². The van der Waals surface area contributed by atoms with E-state index in [0.29, 0.717) is 12.0 Å². The minimum atomic E-state index is 0.0512. The maximum Gasteiger partial charge on any atom is 0.134 e. The highest BCUT2D eigenvalue weighted by Crippen LogP contribution is 2.36. The number of para-hydroxylation sites is 1. The van der Waals surface area contributed by atoms with Crippen molar-refractivity contribution in [2.75, 3.05) is 46.1 Å². The molecule has 28 heavy (non-hydrogen) atoms. The number of nitrogens with one attached hydrogen (secondary N) is 1. The topological polar surface area (TPSA) is 46.9 Å². The van der Waals surface area contributed by atoms with E-state index in [2.05, 4.69) is 49.2 Å². The first-order valence-electron chi connectivity index (χ1n) is 10.6. The third kappa shape index (κ3) is 4.43. The second-order valence-electron chi connectivity index (χ2n) is 9.23. The Kier molecular flexibility index (Phi) is 6.07. The molecule has 4 rings (SSSR count). The van der Waals surface area contributed by atoms with Gasteiger partial charge >= 0.3 is 0 Å². The number of nitrogens with zero attached hydrogens (tertiary/aromatic N) is 1. The van der Waals surface area contributed by atoms with Crippen LogP contribution >= 0.6 is 0 Å². The van der Waals surface area contributed by atoms with Gasteiger partial charge in [0.2, 0.25) is 0 Å². The van der Waals surface area contributed by atoms with E-state index in [0.717, 1.165) is 63.8 Å². The maximum absolute atomic E-state index is 6.24. The number of rotatable bonds is 6. The molecule has 3 heterocycles. The standard InChI is InChI=1S/C23H34N2O3/c1-23(2,3)22(21-14-17-6-4-5-7-20(17)28-21)24-15-19(18-8-11-27-16-18)25-9-12-26-13-10-25/h4-7,14,18-19,22,24H,8-13,15-16H2,1-3H3. The van der Waals surface area contributed by atoms with Crippen LogP contribution in [0.25, 0.3) is 11.0 Å². The average Bonchev–Trinajstić information content (AvgIpc) is 3.34. The molecule has 5 heteroatoms. The van der Waals surface area contributed by atoms with Crippen LogP contribution in [0.5, 0.6) is 0 Å². The van der Waals surface area contributed by atoms with Gasteiger partial charge in [-0.3, -0.25) is 4.90 Å². The van der Waals surface area contributed by atoms with E-state index in [1.807, 2.05) is 12.1 Å². The van der Waals surface area contributed by atoms with Gasteiger partial charge in [0.05, 0.1) is 25.9 Å². The van der Waals surface area contributed by atoms with Crippen molar-refractivity contribution in [2.45, 2.75) is 39.3 Å². The summed E-state index contributed by atoms with van der Waals surface area (Å²) in [5, 5.41) is 5.05. The Bertz CT molecular complexity index is 722. The number of benzene rings is 1. The van der Waals surface area contributed by atoms with Gasteiger partial charge in [-0.1, -0.05) is 39.0 Å². The number of fused-ring (bicyclic) bond motifs is 1. The lowest BCUT2D eigenvalue weighted by molar-refractivity contribution is -0.000485. The van der Waals surface area contributed by atoms with Gasteiger partial charge in [0.1, 0.15) is 11.3 Å². The second kappa shape index (κ2) is 8.54. The first-order valence-corrected chi connectivity index (χ1v) is 10.6. The Morgan fingerprint density at radius 3 is 2.57 bits per heavy atom. The van der Waals surface area contributed by atoms with Gasteiger partial charge < -0.3 is 19.2 Å². The van der Waals surface area contributed by atoms with E-state index >= 15 is 0 Å². The van der Waals surface area contributed by atoms with Crippen LogP contribution in [0.15, 0.2) is 34.7 Å². The zero-order valence-corrected chi connectivity index (χ0v) is 17.4. The number of furan rings is 1. The van der Waals surface area contributed by atoms with Crippen LogP contribution < -0.4 is 5.32 Å². The number of hydrogen-bond acceptors (Lipinski definition) is 5. The Labute approximate surface area is 168 Å². The van der Waals surface area contributed by atoms with Gasteiger partial charge in [0.25, 0.3) is 0 Å². The Balaban J connectivity index is 1.53. The van der Waals surface area contributed by atoms with Crippen LogP contribution in [0.2, 0.25) is 0 Å². The second-order valence-corrected chi connectivity index (χ2v) is 9.23. The molecule has 2 aromatic rings. The molecule has 0 radical (unpaired) electrons. The number of hydrogen-bond donors (Lipinski definition) is 1. The molecule has 1 aromatic carbocycles. The van der Waals surface area contributed by atoms with Gasteiger partial charge in [-0.05, 0) is 24.0 Å². The van der Waals surface area contributed by atoms with Crippen LogP contribution in [0.4, 0.5) is 0 Å². The Morgan fingerprint density at radius 2 is 1.89 bits per heavy atom. The first kappa shape index (κ1) is 19.9. The van der Waals surface area contributed by atoms with E-state index in [4.69, 9.17) is 13.9 Å². The van der Waals surface area contributed by atoms with Crippen LogP contribution in [0.3, 0.4) is 0 Å². The number of ether oxygens (including phenoxy) is 2. The van der Waals surface area contributed by atoms with Crippen LogP contribution in [-0.4, -0.2) is 57.0 Å². The van der Waals surface area contributed by atoms with Crippen molar-refractivity contribution in [1.29, 1.82) is 0 Å². The van der Waals surface area contributed by atoms with Crippen molar-refractivity contribution in [1.82, 2.24) is 10.2 Å². The summed E-state index contributed by atoms with van der Waals surface area (Å²) in [7, 11) is 0.